The largest absolute Gasteiger partial charge is 0.274 e. The normalized spacial score (nSPS) is 27.5. The number of hydrogen-bond donors (Lipinski definition) is 0. The molecule has 3 aliphatic rings. The van der Waals surface area contributed by atoms with Gasteiger partial charge in [-0.2, -0.15) is 0 Å². The fourth-order valence-corrected chi connectivity index (χ4v) is 5.05. The van der Waals surface area contributed by atoms with E-state index in [1.54, 1.807) is 12.1 Å². The number of amides is 2. The van der Waals surface area contributed by atoms with E-state index in [4.69, 9.17) is 23.2 Å². The van der Waals surface area contributed by atoms with Crippen LogP contribution in [-0.4, -0.2) is 41.0 Å². The lowest BCUT2D eigenvalue weighted by atomic mass is 9.90. The van der Waals surface area contributed by atoms with Crippen molar-refractivity contribution in [1.29, 1.82) is 0 Å². The zero-order valence-corrected chi connectivity index (χ0v) is 16.8. The first kappa shape index (κ1) is 18.1. The Hall–Kier alpha value is -1.92. The van der Waals surface area contributed by atoms with Gasteiger partial charge < -0.3 is 0 Å². The molecule has 0 spiro atoms. The van der Waals surface area contributed by atoms with Crippen molar-refractivity contribution in [3.05, 3.63) is 63.6 Å². The van der Waals surface area contributed by atoms with Crippen molar-refractivity contribution in [3.8, 4) is 0 Å². The molecule has 3 atom stereocenters. The Morgan fingerprint density at radius 2 is 1.57 bits per heavy atom. The molecule has 3 heterocycles. The molecule has 3 aliphatic heterocycles. The topological polar surface area (TPSA) is 43.9 Å². The van der Waals surface area contributed by atoms with Gasteiger partial charge in [-0.3, -0.25) is 9.59 Å². The summed E-state index contributed by atoms with van der Waals surface area (Å²) in [4.78, 5) is 28.1. The minimum absolute atomic E-state index is 0.160. The Morgan fingerprint density at radius 3 is 2.25 bits per heavy atom. The van der Waals surface area contributed by atoms with Crippen LogP contribution in [0, 0.1) is 12.8 Å². The monoisotopic (exact) mass is 415 g/mol. The fourth-order valence-electron chi connectivity index (χ4n) is 4.75. The number of halogens is 2. The summed E-state index contributed by atoms with van der Waals surface area (Å²) in [5.41, 5.74) is 2.46. The number of carbonyl (C=O) groups excluding carboxylic acids is 2. The Labute approximate surface area is 173 Å². The summed E-state index contributed by atoms with van der Waals surface area (Å²) in [6, 6.07) is 12.3. The Balaban J connectivity index is 1.58. The van der Waals surface area contributed by atoms with E-state index in [0.717, 1.165) is 30.6 Å². The van der Waals surface area contributed by atoms with Crippen molar-refractivity contribution >= 4 is 40.7 Å². The molecular formula is C21H19Cl2N3O2. The summed E-state index contributed by atoms with van der Waals surface area (Å²) < 4.78 is 0. The molecule has 5 rings (SSSR count). The van der Waals surface area contributed by atoms with Crippen molar-refractivity contribution in [2.75, 3.05) is 18.0 Å². The first-order chi connectivity index (χ1) is 13.5. The number of hydrazine groups is 1. The van der Waals surface area contributed by atoms with Crippen molar-refractivity contribution in [3.63, 3.8) is 0 Å². The van der Waals surface area contributed by atoms with Gasteiger partial charge in [0.1, 0.15) is 6.04 Å². The molecule has 0 saturated carbocycles. The molecule has 0 bridgehead atoms. The summed E-state index contributed by atoms with van der Waals surface area (Å²) in [7, 11) is 0. The van der Waals surface area contributed by atoms with Crippen molar-refractivity contribution < 1.29 is 9.59 Å². The summed E-state index contributed by atoms with van der Waals surface area (Å²) in [6.07, 6.45) is 0.977. The molecule has 0 unspecified atom stereocenters. The molecule has 2 aromatic rings. The molecule has 2 amide bonds. The van der Waals surface area contributed by atoms with Crippen LogP contribution in [-0.2, 0) is 9.59 Å². The highest BCUT2D eigenvalue weighted by Crippen LogP contribution is 2.49. The molecule has 3 fully saturated rings. The summed E-state index contributed by atoms with van der Waals surface area (Å²) in [6.45, 7) is 3.52. The quantitative estimate of drug-likeness (QED) is 0.698. The van der Waals surface area contributed by atoms with Crippen molar-refractivity contribution in [1.82, 2.24) is 10.0 Å². The van der Waals surface area contributed by atoms with Gasteiger partial charge in [0.25, 0.3) is 5.91 Å². The van der Waals surface area contributed by atoms with Crippen LogP contribution in [0.2, 0.25) is 10.0 Å². The first-order valence-corrected chi connectivity index (χ1v) is 10.2. The number of carbonyl (C=O) groups is 2. The molecule has 0 aliphatic carbocycles. The van der Waals surface area contributed by atoms with Gasteiger partial charge in [0, 0.05) is 23.1 Å². The number of benzene rings is 2. The van der Waals surface area contributed by atoms with Gasteiger partial charge in [0.15, 0.2) is 0 Å². The van der Waals surface area contributed by atoms with Gasteiger partial charge in [0.2, 0.25) is 5.91 Å². The van der Waals surface area contributed by atoms with E-state index in [2.05, 4.69) is 10.0 Å². The predicted molar refractivity (Wildman–Crippen MR) is 108 cm³/mol. The van der Waals surface area contributed by atoms with Gasteiger partial charge in [-0.1, -0.05) is 41.4 Å². The zero-order valence-electron chi connectivity index (χ0n) is 15.3. The van der Waals surface area contributed by atoms with Crippen LogP contribution < -0.4 is 4.90 Å². The fraction of sp³-hybridized carbons (Fsp3) is 0.333. The molecule has 2 aromatic carbocycles. The molecule has 0 radical (unpaired) electrons. The number of nitrogens with zero attached hydrogens (tertiary/aromatic N) is 3. The van der Waals surface area contributed by atoms with Crippen LogP contribution >= 0.6 is 23.2 Å². The van der Waals surface area contributed by atoms with Crippen LogP contribution in [0.25, 0.3) is 0 Å². The molecular weight excluding hydrogens is 397 g/mol. The van der Waals surface area contributed by atoms with E-state index in [-0.39, 0.29) is 17.9 Å². The van der Waals surface area contributed by atoms with E-state index in [1.165, 1.54) is 4.90 Å². The predicted octanol–water partition coefficient (Wildman–Crippen LogP) is 3.84. The smallest absolute Gasteiger partial charge is 0.253 e. The molecule has 0 N–H and O–H groups in total. The lowest BCUT2D eigenvalue weighted by molar-refractivity contribution is -0.126. The molecule has 7 heteroatoms. The van der Waals surface area contributed by atoms with Crippen LogP contribution in [0.1, 0.15) is 23.6 Å². The molecule has 3 saturated heterocycles. The second kappa shape index (κ2) is 6.56. The maximum Gasteiger partial charge on any atom is 0.253 e. The second-order valence-corrected chi connectivity index (χ2v) is 8.44. The maximum absolute atomic E-state index is 13.5. The highest BCUT2D eigenvalue weighted by molar-refractivity contribution is 6.32. The average molecular weight is 416 g/mol. The van der Waals surface area contributed by atoms with E-state index >= 15 is 0 Å². The molecule has 0 aromatic heterocycles. The van der Waals surface area contributed by atoms with Crippen LogP contribution in [0.15, 0.2) is 42.5 Å². The van der Waals surface area contributed by atoms with Gasteiger partial charge in [0.05, 0.1) is 17.6 Å². The van der Waals surface area contributed by atoms with Crippen molar-refractivity contribution in [2.24, 2.45) is 5.92 Å². The first-order valence-electron chi connectivity index (χ1n) is 9.40. The third-order valence-electron chi connectivity index (χ3n) is 6.03. The molecule has 144 valence electrons. The lowest BCUT2D eigenvalue weighted by Gasteiger charge is -2.29. The third-order valence-corrected chi connectivity index (χ3v) is 6.69. The summed E-state index contributed by atoms with van der Waals surface area (Å²) in [5.74, 6) is -0.767. The van der Waals surface area contributed by atoms with Crippen LogP contribution in [0.3, 0.4) is 0 Å². The lowest BCUT2D eigenvalue weighted by Crippen LogP contribution is -2.44. The van der Waals surface area contributed by atoms with E-state index in [9.17, 15) is 9.59 Å². The number of imide groups is 1. The number of fused-ring (bicyclic) bond motifs is 3. The van der Waals surface area contributed by atoms with Gasteiger partial charge in [-0.25, -0.2) is 14.9 Å². The third kappa shape index (κ3) is 2.54. The van der Waals surface area contributed by atoms with Gasteiger partial charge in [-0.05, 0) is 48.7 Å². The summed E-state index contributed by atoms with van der Waals surface area (Å²) in [5, 5.41) is 5.47. The molecule has 5 nitrogen and oxygen atoms in total. The van der Waals surface area contributed by atoms with Crippen LogP contribution in [0.5, 0.6) is 0 Å². The minimum atomic E-state index is -0.462. The minimum Gasteiger partial charge on any atom is -0.274 e. The summed E-state index contributed by atoms with van der Waals surface area (Å²) >= 11 is 12.3. The average Bonchev–Trinajstić information content (AvgIpc) is 3.31. The van der Waals surface area contributed by atoms with E-state index < -0.39 is 12.0 Å². The Kier molecular flexibility index (Phi) is 4.25. The van der Waals surface area contributed by atoms with Gasteiger partial charge in [-0.15, -0.1) is 0 Å². The highest BCUT2D eigenvalue weighted by atomic mass is 35.5. The van der Waals surface area contributed by atoms with E-state index in [1.807, 2.05) is 37.3 Å². The number of aryl methyl sites for hydroxylation is 1. The number of hydrogen-bond acceptors (Lipinski definition) is 4. The number of anilines is 1. The maximum atomic E-state index is 13.5. The molecule has 28 heavy (non-hydrogen) atoms. The van der Waals surface area contributed by atoms with Crippen molar-refractivity contribution in [2.45, 2.75) is 25.4 Å². The Morgan fingerprint density at radius 1 is 0.893 bits per heavy atom. The Bertz CT molecular complexity index is 978. The number of rotatable bonds is 2. The zero-order chi connectivity index (χ0) is 19.6. The standard InChI is InChI=1S/C21H19Cl2N3O2/c1-12-3-8-15(11-16(12)23)26-20(27)17-18(13-4-6-14(22)7-5-13)24-9-2-10-25(24)19(17)21(26)28/h3-8,11,17-19H,2,9-10H2,1H3/t17-,18-,19+/m1/s1. The van der Waals surface area contributed by atoms with Gasteiger partial charge >= 0.3 is 0 Å². The van der Waals surface area contributed by atoms with E-state index in [0.29, 0.717) is 15.7 Å². The second-order valence-electron chi connectivity index (χ2n) is 7.59. The van der Waals surface area contributed by atoms with Crippen LogP contribution in [0.4, 0.5) is 5.69 Å². The highest BCUT2D eigenvalue weighted by Gasteiger charge is 2.62. The SMILES string of the molecule is Cc1ccc(N2C(=O)[C@H]3[C@@H](C2=O)N2CCCN2[C@@H]3c2ccc(Cl)cc2)cc1Cl.